The van der Waals surface area contributed by atoms with Crippen molar-refractivity contribution in [3.8, 4) is 5.75 Å². The zero-order valence-corrected chi connectivity index (χ0v) is 12.7. The van der Waals surface area contributed by atoms with Crippen LogP contribution >= 0.6 is 0 Å². The lowest BCUT2D eigenvalue weighted by Gasteiger charge is -2.42. The first-order valence-corrected chi connectivity index (χ1v) is 7.69. The Kier molecular flexibility index (Phi) is 5.79. The maximum atomic E-state index is 12.6. The van der Waals surface area contributed by atoms with E-state index in [9.17, 15) is 8.78 Å². The Balaban J connectivity index is 2.23. The van der Waals surface area contributed by atoms with Crippen LogP contribution < -0.4 is 15.0 Å². The fourth-order valence-corrected chi connectivity index (χ4v) is 2.96. The molecule has 1 aromatic rings. The van der Waals surface area contributed by atoms with Crippen LogP contribution in [-0.4, -0.2) is 31.8 Å². The van der Waals surface area contributed by atoms with E-state index >= 15 is 0 Å². The van der Waals surface area contributed by atoms with Crippen LogP contribution in [0.3, 0.4) is 0 Å². The largest absolute Gasteiger partial charge is 0.433 e. The van der Waals surface area contributed by atoms with Crippen LogP contribution in [-0.2, 0) is 0 Å². The van der Waals surface area contributed by atoms with Crippen molar-refractivity contribution in [2.45, 2.75) is 51.8 Å². The molecule has 2 unspecified atom stereocenters. The molecule has 0 saturated carbocycles. The molecule has 1 aliphatic heterocycles. The molecule has 1 saturated heterocycles. The minimum absolute atomic E-state index is 0.267. The van der Waals surface area contributed by atoms with E-state index in [-0.39, 0.29) is 5.75 Å². The Morgan fingerprint density at radius 1 is 1.33 bits per heavy atom. The average molecular weight is 298 g/mol. The van der Waals surface area contributed by atoms with E-state index in [0.29, 0.717) is 12.1 Å². The van der Waals surface area contributed by atoms with Gasteiger partial charge in [0.25, 0.3) is 0 Å². The average Bonchev–Trinajstić information content (AvgIpc) is 2.47. The number of hydrogen-bond acceptors (Lipinski definition) is 3. The van der Waals surface area contributed by atoms with Gasteiger partial charge in [0.05, 0.1) is 5.69 Å². The number of nitrogens with zero attached hydrogens (tertiary/aromatic N) is 1. The SMILES string of the molecule is CCCC1CN(c2ccccc2OC(F)F)C(CC)CN1. The van der Waals surface area contributed by atoms with Gasteiger partial charge in [-0.2, -0.15) is 8.78 Å². The van der Waals surface area contributed by atoms with Gasteiger partial charge in [0, 0.05) is 25.2 Å². The fraction of sp³-hybridized carbons (Fsp3) is 0.625. The van der Waals surface area contributed by atoms with Crippen LogP contribution in [0, 0.1) is 0 Å². The summed E-state index contributed by atoms with van der Waals surface area (Å²) in [7, 11) is 0. The van der Waals surface area contributed by atoms with Crippen LogP contribution in [0.1, 0.15) is 33.1 Å². The monoisotopic (exact) mass is 298 g/mol. The van der Waals surface area contributed by atoms with Crippen molar-refractivity contribution >= 4 is 5.69 Å². The Hall–Kier alpha value is -1.36. The van der Waals surface area contributed by atoms with E-state index in [1.54, 1.807) is 12.1 Å². The first kappa shape index (κ1) is 16.0. The van der Waals surface area contributed by atoms with Gasteiger partial charge >= 0.3 is 6.61 Å². The second-order valence-electron chi connectivity index (χ2n) is 5.45. The Morgan fingerprint density at radius 2 is 2.10 bits per heavy atom. The van der Waals surface area contributed by atoms with Crippen LogP contribution in [0.25, 0.3) is 0 Å². The molecule has 2 rings (SSSR count). The molecule has 118 valence electrons. The first-order chi connectivity index (χ1) is 10.2. The van der Waals surface area contributed by atoms with Gasteiger partial charge in [0.1, 0.15) is 5.75 Å². The number of halogens is 2. The molecule has 0 radical (unpaired) electrons. The molecule has 1 heterocycles. The third kappa shape index (κ3) is 4.06. The third-order valence-corrected chi connectivity index (χ3v) is 4.00. The van der Waals surface area contributed by atoms with Gasteiger partial charge in [-0.25, -0.2) is 0 Å². The van der Waals surface area contributed by atoms with Crippen molar-refractivity contribution in [2.75, 3.05) is 18.0 Å². The highest BCUT2D eigenvalue weighted by molar-refractivity contribution is 5.59. The van der Waals surface area contributed by atoms with E-state index in [1.165, 1.54) is 0 Å². The summed E-state index contributed by atoms with van der Waals surface area (Å²) in [4.78, 5) is 2.22. The number of anilines is 1. The summed E-state index contributed by atoms with van der Waals surface area (Å²) in [6.45, 7) is 3.20. The molecule has 1 aromatic carbocycles. The van der Waals surface area contributed by atoms with Gasteiger partial charge in [0.15, 0.2) is 0 Å². The highest BCUT2D eigenvalue weighted by atomic mass is 19.3. The topological polar surface area (TPSA) is 24.5 Å². The molecule has 1 N–H and O–H groups in total. The highest BCUT2D eigenvalue weighted by Crippen LogP contribution is 2.32. The van der Waals surface area contributed by atoms with Crippen molar-refractivity contribution in [1.29, 1.82) is 0 Å². The second-order valence-corrected chi connectivity index (χ2v) is 5.45. The molecule has 0 aliphatic carbocycles. The quantitative estimate of drug-likeness (QED) is 0.867. The molecule has 0 spiro atoms. The molecule has 3 nitrogen and oxygen atoms in total. The van der Waals surface area contributed by atoms with Crippen LogP contribution in [0.15, 0.2) is 24.3 Å². The molecular weight excluding hydrogens is 274 g/mol. The smallest absolute Gasteiger partial charge is 0.387 e. The van der Waals surface area contributed by atoms with Gasteiger partial charge in [-0.1, -0.05) is 32.4 Å². The van der Waals surface area contributed by atoms with E-state index < -0.39 is 6.61 Å². The van der Waals surface area contributed by atoms with E-state index in [0.717, 1.165) is 38.0 Å². The summed E-state index contributed by atoms with van der Waals surface area (Å²) in [5, 5.41) is 3.55. The van der Waals surface area contributed by atoms with Crippen molar-refractivity contribution in [3.63, 3.8) is 0 Å². The first-order valence-electron chi connectivity index (χ1n) is 7.69. The number of para-hydroxylation sites is 2. The number of piperazine rings is 1. The number of nitrogens with one attached hydrogen (secondary N) is 1. The summed E-state index contributed by atoms with van der Waals surface area (Å²) in [5.74, 6) is 0.267. The van der Waals surface area contributed by atoms with Crippen LogP contribution in [0.4, 0.5) is 14.5 Å². The Labute approximate surface area is 125 Å². The maximum Gasteiger partial charge on any atom is 0.387 e. The molecular formula is C16H24F2N2O. The Bertz CT molecular complexity index is 442. The van der Waals surface area contributed by atoms with Gasteiger partial charge < -0.3 is 15.0 Å². The molecule has 0 bridgehead atoms. The number of benzene rings is 1. The molecule has 2 atom stereocenters. The van der Waals surface area contributed by atoms with Gasteiger partial charge in [-0.05, 0) is 25.0 Å². The minimum atomic E-state index is -2.79. The van der Waals surface area contributed by atoms with E-state index in [2.05, 4.69) is 24.1 Å². The molecule has 0 amide bonds. The minimum Gasteiger partial charge on any atom is -0.433 e. The number of ether oxygens (including phenoxy) is 1. The third-order valence-electron chi connectivity index (χ3n) is 4.00. The number of rotatable bonds is 6. The number of alkyl halides is 2. The molecule has 21 heavy (non-hydrogen) atoms. The lowest BCUT2D eigenvalue weighted by atomic mass is 10.0. The van der Waals surface area contributed by atoms with Crippen LogP contribution in [0.2, 0.25) is 0 Å². The Morgan fingerprint density at radius 3 is 2.76 bits per heavy atom. The molecule has 1 fully saturated rings. The molecule has 5 heteroatoms. The standard InChI is InChI=1S/C16H24F2N2O/c1-3-7-12-11-20(13(4-2)10-19-12)14-8-5-6-9-15(14)21-16(17)18/h5-6,8-9,12-13,16,19H,3-4,7,10-11H2,1-2H3. The van der Waals surface area contributed by atoms with Crippen molar-refractivity contribution < 1.29 is 13.5 Å². The zero-order valence-electron chi connectivity index (χ0n) is 12.7. The van der Waals surface area contributed by atoms with Crippen molar-refractivity contribution in [3.05, 3.63) is 24.3 Å². The molecule has 0 aromatic heterocycles. The normalized spacial score (nSPS) is 22.6. The lowest BCUT2D eigenvalue weighted by Crippen LogP contribution is -2.56. The van der Waals surface area contributed by atoms with Crippen molar-refractivity contribution in [2.24, 2.45) is 0 Å². The second kappa shape index (κ2) is 7.59. The predicted molar refractivity (Wildman–Crippen MR) is 81.2 cm³/mol. The lowest BCUT2D eigenvalue weighted by molar-refractivity contribution is -0.0495. The fourth-order valence-electron chi connectivity index (χ4n) is 2.96. The maximum absolute atomic E-state index is 12.6. The summed E-state index contributed by atoms with van der Waals surface area (Å²) >= 11 is 0. The van der Waals surface area contributed by atoms with Gasteiger partial charge in [-0.15, -0.1) is 0 Å². The highest BCUT2D eigenvalue weighted by Gasteiger charge is 2.28. The summed E-state index contributed by atoms with van der Waals surface area (Å²) in [6, 6.07) is 7.79. The van der Waals surface area contributed by atoms with E-state index in [1.807, 2.05) is 12.1 Å². The van der Waals surface area contributed by atoms with Crippen LogP contribution in [0.5, 0.6) is 5.75 Å². The van der Waals surface area contributed by atoms with Crippen molar-refractivity contribution in [1.82, 2.24) is 5.32 Å². The number of hydrogen-bond donors (Lipinski definition) is 1. The zero-order chi connectivity index (χ0) is 15.2. The predicted octanol–water partition coefficient (Wildman–Crippen LogP) is 3.64. The van der Waals surface area contributed by atoms with Gasteiger partial charge in [-0.3, -0.25) is 0 Å². The molecule has 1 aliphatic rings. The van der Waals surface area contributed by atoms with Gasteiger partial charge in [0.2, 0.25) is 0 Å². The summed E-state index contributed by atoms with van der Waals surface area (Å²) in [6.07, 6.45) is 3.16. The summed E-state index contributed by atoms with van der Waals surface area (Å²) in [5.41, 5.74) is 0.771. The summed E-state index contributed by atoms with van der Waals surface area (Å²) < 4.78 is 29.9. The van der Waals surface area contributed by atoms with E-state index in [4.69, 9.17) is 4.74 Å².